The lowest BCUT2D eigenvalue weighted by Crippen LogP contribution is -2.33. The minimum atomic E-state index is -0.881. The van der Waals surface area contributed by atoms with Crippen LogP contribution in [0.15, 0.2) is 12.1 Å². The average molecular weight is 250 g/mol. The molecule has 2 N–H and O–H groups in total. The first kappa shape index (κ1) is 10.8. The highest BCUT2D eigenvalue weighted by Crippen LogP contribution is 2.18. The summed E-state index contributed by atoms with van der Waals surface area (Å²) in [5.41, 5.74) is 0.526. The maximum Gasteiger partial charge on any atom is 0.311 e. The van der Waals surface area contributed by atoms with E-state index >= 15 is 0 Å². The van der Waals surface area contributed by atoms with Crippen LogP contribution in [0, 0.1) is 5.92 Å². The summed E-state index contributed by atoms with van der Waals surface area (Å²) >= 11 is 0. The zero-order chi connectivity index (χ0) is 12.5. The fourth-order valence-corrected chi connectivity index (χ4v) is 1.86. The first-order valence-corrected chi connectivity index (χ1v) is 5.36. The van der Waals surface area contributed by atoms with Crippen molar-refractivity contribution in [2.24, 2.45) is 5.92 Å². The van der Waals surface area contributed by atoms with Crippen LogP contribution < -0.4 is 5.32 Å². The number of rotatable bonds is 3. The van der Waals surface area contributed by atoms with Crippen LogP contribution in [-0.4, -0.2) is 55.6 Å². The number of hydrogen-bond acceptors (Lipinski definition) is 7. The van der Waals surface area contributed by atoms with Gasteiger partial charge < -0.3 is 15.2 Å². The number of carboxylic acids is 1. The number of anilines is 1. The summed E-state index contributed by atoms with van der Waals surface area (Å²) in [6.07, 6.45) is 0. The van der Waals surface area contributed by atoms with Gasteiger partial charge in [-0.1, -0.05) is 0 Å². The second kappa shape index (κ2) is 4.18. The van der Waals surface area contributed by atoms with E-state index in [0.717, 1.165) is 0 Å². The second-order valence-electron chi connectivity index (χ2n) is 3.98. The molecule has 0 aliphatic carbocycles. The summed E-state index contributed by atoms with van der Waals surface area (Å²) in [7, 11) is 0. The lowest BCUT2D eigenvalue weighted by Gasteiger charge is -2.15. The summed E-state index contributed by atoms with van der Waals surface area (Å²) in [6, 6.07) is 3.09. The fourth-order valence-electron chi connectivity index (χ4n) is 1.86. The number of carbonyl (C=O) groups is 1. The number of ether oxygens (including phenoxy) is 1. The molecular weight excluding hydrogens is 240 g/mol. The molecular formula is C9H10N6O3. The highest BCUT2D eigenvalue weighted by atomic mass is 16.5. The molecule has 2 aromatic rings. The highest BCUT2D eigenvalue weighted by Gasteiger charge is 2.34. The molecule has 2 atom stereocenters. The molecule has 18 heavy (non-hydrogen) atoms. The molecule has 1 fully saturated rings. The number of fused-ring (bicyclic) bond motifs is 1. The van der Waals surface area contributed by atoms with Gasteiger partial charge in [-0.25, -0.2) is 0 Å². The third kappa shape index (κ3) is 1.84. The van der Waals surface area contributed by atoms with Gasteiger partial charge in [-0.05, 0) is 22.6 Å². The van der Waals surface area contributed by atoms with Crippen molar-refractivity contribution in [2.45, 2.75) is 6.04 Å². The van der Waals surface area contributed by atoms with Crippen molar-refractivity contribution in [3.05, 3.63) is 12.1 Å². The van der Waals surface area contributed by atoms with E-state index in [1.165, 1.54) is 4.63 Å². The summed E-state index contributed by atoms with van der Waals surface area (Å²) in [6.45, 7) is 0.548. The third-order valence-corrected chi connectivity index (χ3v) is 2.80. The lowest BCUT2D eigenvalue weighted by atomic mass is 10.0. The summed E-state index contributed by atoms with van der Waals surface area (Å²) in [5, 5.41) is 27.0. The molecule has 0 aromatic carbocycles. The highest BCUT2D eigenvalue weighted by molar-refractivity contribution is 5.72. The van der Waals surface area contributed by atoms with Gasteiger partial charge in [-0.2, -0.15) is 0 Å². The molecule has 9 nitrogen and oxygen atoms in total. The van der Waals surface area contributed by atoms with E-state index < -0.39 is 11.9 Å². The molecule has 3 rings (SSSR count). The molecule has 1 aliphatic heterocycles. The first-order chi connectivity index (χ1) is 8.74. The summed E-state index contributed by atoms with van der Waals surface area (Å²) in [5.74, 6) is -0.943. The Kier molecular flexibility index (Phi) is 2.52. The first-order valence-electron chi connectivity index (χ1n) is 5.36. The fraction of sp³-hybridized carbons (Fsp3) is 0.444. The summed E-state index contributed by atoms with van der Waals surface area (Å²) in [4.78, 5) is 11.0. The van der Waals surface area contributed by atoms with Gasteiger partial charge in [0, 0.05) is 0 Å². The van der Waals surface area contributed by atoms with Crippen LogP contribution in [0.1, 0.15) is 0 Å². The van der Waals surface area contributed by atoms with Gasteiger partial charge in [-0.15, -0.1) is 14.8 Å². The molecule has 0 saturated carbocycles. The molecule has 94 valence electrons. The largest absolute Gasteiger partial charge is 0.481 e. The van der Waals surface area contributed by atoms with E-state index in [4.69, 9.17) is 9.84 Å². The predicted molar refractivity (Wildman–Crippen MR) is 57.9 cm³/mol. The number of aliphatic carboxylic acids is 1. The Morgan fingerprint density at radius 2 is 2.39 bits per heavy atom. The van der Waals surface area contributed by atoms with Crippen LogP contribution in [0.4, 0.5) is 5.82 Å². The van der Waals surface area contributed by atoms with Crippen LogP contribution in [0.2, 0.25) is 0 Å². The Morgan fingerprint density at radius 3 is 3.22 bits per heavy atom. The van der Waals surface area contributed by atoms with Gasteiger partial charge >= 0.3 is 5.97 Å². The van der Waals surface area contributed by atoms with Gasteiger partial charge in [0.15, 0.2) is 5.65 Å². The van der Waals surface area contributed by atoms with Crippen molar-refractivity contribution < 1.29 is 14.6 Å². The Morgan fingerprint density at radius 1 is 1.50 bits per heavy atom. The predicted octanol–water partition coefficient (Wildman–Crippen LogP) is -0.969. The maximum absolute atomic E-state index is 11.0. The minimum absolute atomic E-state index is 0.208. The van der Waals surface area contributed by atoms with Crippen molar-refractivity contribution >= 4 is 17.4 Å². The van der Waals surface area contributed by atoms with Crippen LogP contribution in [0.5, 0.6) is 0 Å². The van der Waals surface area contributed by atoms with Gasteiger partial charge in [-0.3, -0.25) is 4.79 Å². The van der Waals surface area contributed by atoms with Gasteiger partial charge in [0.05, 0.1) is 19.3 Å². The van der Waals surface area contributed by atoms with E-state index in [0.29, 0.717) is 18.1 Å². The number of nitrogens with one attached hydrogen (secondary N) is 1. The van der Waals surface area contributed by atoms with Gasteiger partial charge in [0.25, 0.3) is 0 Å². The van der Waals surface area contributed by atoms with E-state index in [9.17, 15) is 4.79 Å². The molecule has 1 aliphatic rings. The Hall–Kier alpha value is -2.29. The minimum Gasteiger partial charge on any atom is -0.481 e. The van der Waals surface area contributed by atoms with Crippen molar-refractivity contribution in [3.8, 4) is 0 Å². The van der Waals surface area contributed by atoms with Crippen molar-refractivity contribution in [1.29, 1.82) is 0 Å². The molecule has 2 aromatic heterocycles. The zero-order valence-electron chi connectivity index (χ0n) is 9.22. The Labute approximate surface area is 101 Å². The number of hydrogen-bond donors (Lipinski definition) is 2. The Bertz CT molecular complexity index is 584. The van der Waals surface area contributed by atoms with Crippen molar-refractivity contribution in [1.82, 2.24) is 25.3 Å². The van der Waals surface area contributed by atoms with Crippen molar-refractivity contribution in [2.75, 3.05) is 18.5 Å². The van der Waals surface area contributed by atoms with E-state index in [2.05, 4.69) is 25.9 Å². The van der Waals surface area contributed by atoms with Crippen LogP contribution in [0.25, 0.3) is 5.65 Å². The summed E-state index contributed by atoms with van der Waals surface area (Å²) < 4.78 is 6.43. The Balaban J connectivity index is 1.80. The van der Waals surface area contributed by atoms with Crippen LogP contribution in [0.3, 0.4) is 0 Å². The van der Waals surface area contributed by atoms with E-state index in [-0.39, 0.29) is 12.6 Å². The zero-order valence-corrected chi connectivity index (χ0v) is 9.22. The number of nitrogens with zero attached hydrogens (tertiary/aromatic N) is 5. The molecule has 3 heterocycles. The normalized spacial score (nSPS) is 23.3. The SMILES string of the molecule is O=C(O)C1COCC1Nc1ccc2nnnn2n1. The number of carboxylic acid groups (broad SMARTS) is 1. The average Bonchev–Trinajstić information content (AvgIpc) is 2.96. The van der Waals surface area contributed by atoms with Crippen LogP contribution in [-0.2, 0) is 9.53 Å². The standard InChI is InChI=1S/C9H10N6O3/c16-9(17)5-3-18-4-6(5)10-7-1-2-8-11-13-14-15(8)12-7/h1-2,5-6H,3-4H2,(H,10,12)(H,16,17). The molecule has 0 bridgehead atoms. The topological polar surface area (TPSA) is 115 Å². The molecule has 1 saturated heterocycles. The van der Waals surface area contributed by atoms with Gasteiger partial charge in [0.2, 0.25) is 0 Å². The second-order valence-corrected chi connectivity index (χ2v) is 3.98. The number of tetrazole rings is 1. The van der Waals surface area contributed by atoms with Crippen molar-refractivity contribution in [3.63, 3.8) is 0 Å². The third-order valence-electron chi connectivity index (χ3n) is 2.80. The quantitative estimate of drug-likeness (QED) is 0.715. The molecule has 0 amide bonds. The molecule has 9 heteroatoms. The van der Waals surface area contributed by atoms with Crippen LogP contribution >= 0.6 is 0 Å². The maximum atomic E-state index is 11.0. The van der Waals surface area contributed by atoms with Gasteiger partial charge in [0.1, 0.15) is 11.7 Å². The van der Waals surface area contributed by atoms with E-state index in [1.807, 2.05) is 0 Å². The smallest absolute Gasteiger partial charge is 0.311 e. The molecule has 0 radical (unpaired) electrons. The lowest BCUT2D eigenvalue weighted by molar-refractivity contribution is -0.141. The molecule has 2 unspecified atom stereocenters. The molecule has 0 spiro atoms. The number of aromatic nitrogens is 5. The monoisotopic (exact) mass is 250 g/mol. The van der Waals surface area contributed by atoms with E-state index in [1.54, 1.807) is 12.1 Å².